The summed E-state index contributed by atoms with van der Waals surface area (Å²) >= 11 is 0. The van der Waals surface area contributed by atoms with Crippen LogP contribution in [0.4, 0.5) is 0 Å². The van der Waals surface area contributed by atoms with Gasteiger partial charge in [-0.05, 0) is 39.8 Å². The van der Waals surface area contributed by atoms with Crippen molar-refractivity contribution in [3.8, 4) is 6.07 Å². The Hall–Kier alpha value is -0.590. The molecule has 14 heavy (non-hydrogen) atoms. The van der Waals surface area contributed by atoms with Crippen molar-refractivity contribution in [3.05, 3.63) is 0 Å². The van der Waals surface area contributed by atoms with E-state index in [1.807, 2.05) is 0 Å². The maximum Gasteiger partial charge on any atom is 0.108 e. The van der Waals surface area contributed by atoms with E-state index in [0.29, 0.717) is 6.04 Å². The maximum atomic E-state index is 8.97. The van der Waals surface area contributed by atoms with Crippen LogP contribution in [0.15, 0.2) is 0 Å². The molecule has 0 spiro atoms. The van der Waals surface area contributed by atoms with Crippen LogP contribution >= 0.6 is 0 Å². The summed E-state index contributed by atoms with van der Waals surface area (Å²) in [4.78, 5) is 2.40. The Morgan fingerprint density at radius 2 is 1.93 bits per heavy atom. The summed E-state index contributed by atoms with van der Waals surface area (Å²) in [5.41, 5.74) is 0. The Morgan fingerprint density at radius 1 is 1.29 bits per heavy atom. The topological polar surface area (TPSA) is 39.1 Å². The fourth-order valence-electron chi connectivity index (χ4n) is 1.93. The molecule has 0 saturated carbocycles. The minimum absolute atomic E-state index is 0.00639. The molecule has 0 aromatic heterocycles. The Labute approximate surface area is 87.1 Å². The quantitative estimate of drug-likeness (QED) is 0.736. The molecule has 3 heteroatoms. The van der Waals surface area contributed by atoms with Crippen LogP contribution in [0.5, 0.6) is 0 Å². The largest absolute Gasteiger partial charge is 0.301 e. The van der Waals surface area contributed by atoms with Crippen LogP contribution in [-0.4, -0.2) is 36.6 Å². The van der Waals surface area contributed by atoms with Gasteiger partial charge in [-0.1, -0.05) is 6.42 Å². The second-order valence-electron chi connectivity index (χ2n) is 4.36. The summed E-state index contributed by atoms with van der Waals surface area (Å²) < 4.78 is 0. The molecular weight excluding hydrogens is 174 g/mol. The van der Waals surface area contributed by atoms with Crippen molar-refractivity contribution >= 4 is 0 Å². The zero-order valence-corrected chi connectivity index (χ0v) is 9.29. The van der Waals surface area contributed by atoms with Crippen molar-refractivity contribution in [3.63, 3.8) is 0 Å². The van der Waals surface area contributed by atoms with E-state index in [1.54, 1.807) is 0 Å². The molecule has 0 bridgehead atoms. The van der Waals surface area contributed by atoms with Crippen LogP contribution in [0.1, 0.15) is 33.1 Å². The van der Waals surface area contributed by atoms with Crippen molar-refractivity contribution in [2.75, 3.05) is 19.6 Å². The van der Waals surface area contributed by atoms with Gasteiger partial charge in [0.15, 0.2) is 0 Å². The second kappa shape index (κ2) is 6.00. The van der Waals surface area contributed by atoms with E-state index in [2.05, 4.69) is 30.1 Å². The van der Waals surface area contributed by atoms with Crippen LogP contribution in [0.3, 0.4) is 0 Å². The Kier molecular flexibility index (Phi) is 4.92. The summed E-state index contributed by atoms with van der Waals surface area (Å²) in [5, 5.41) is 12.2. The molecule has 0 radical (unpaired) electrons. The van der Waals surface area contributed by atoms with E-state index >= 15 is 0 Å². The highest BCUT2D eigenvalue weighted by molar-refractivity contribution is 4.93. The smallest absolute Gasteiger partial charge is 0.108 e. The van der Waals surface area contributed by atoms with E-state index in [4.69, 9.17) is 5.26 Å². The number of rotatable bonds is 4. The molecule has 1 unspecified atom stereocenters. The molecule has 1 heterocycles. The number of hydrogen-bond donors (Lipinski definition) is 1. The van der Waals surface area contributed by atoms with Crippen LogP contribution in [0.25, 0.3) is 0 Å². The van der Waals surface area contributed by atoms with Gasteiger partial charge in [-0.3, -0.25) is 5.32 Å². The van der Waals surface area contributed by atoms with Gasteiger partial charge >= 0.3 is 0 Å². The highest BCUT2D eigenvalue weighted by atomic mass is 15.2. The molecule has 0 aliphatic carbocycles. The lowest BCUT2D eigenvalue weighted by Crippen LogP contribution is -2.44. The fourth-order valence-corrected chi connectivity index (χ4v) is 1.93. The molecule has 1 saturated heterocycles. The highest BCUT2D eigenvalue weighted by Gasteiger charge is 2.16. The molecule has 1 aliphatic heterocycles. The lowest BCUT2D eigenvalue weighted by atomic mass is 10.1. The third-order valence-electron chi connectivity index (χ3n) is 2.58. The molecule has 80 valence electrons. The first kappa shape index (κ1) is 11.5. The Morgan fingerprint density at radius 3 is 2.43 bits per heavy atom. The van der Waals surface area contributed by atoms with Gasteiger partial charge in [-0.2, -0.15) is 5.26 Å². The maximum absolute atomic E-state index is 8.97. The Balaban J connectivity index is 2.28. The number of nitrogens with one attached hydrogen (secondary N) is 1. The van der Waals surface area contributed by atoms with Crippen molar-refractivity contribution in [1.82, 2.24) is 10.2 Å². The van der Waals surface area contributed by atoms with Gasteiger partial charge in [0.05, 0.1) is 6.07 Å². The molecule has 1 N–H and O–H groups in total. The van der Waals surface area contributed by atoms with Crippen molar-refractivity contribution in [1.29, 1.82) is 5.26 Å². The zero-order chi connectivity index (χ0) is 10.4. The summed E-state index contributed by atoms with van der Waals surface area (Å²) in [6, 6.07) is 2.71. The first-order valence-electron chi connectivity index (χ1n) is 5.60. The number of hydrogen-bond acceptors (Lipinski definition) is 3. The lowest BCUT2D eigenvalue weighted by Gasteiger charge is -2.29. The molecule has 0 amide bonds. The van der Waals surface area contributed by atoms with Crippen LogP contribution < -0.4 is 5.32 Å². The van der Waals surface area contributed by atoms with E-state index in [9.17, 15) is 0 Å². The van der Waals surface area contributed by atoms with E-state index in [0.717, 1.165) is 19.6 Å². The van der Waals surface area contributed by atoms with Crippen LogP contribution in [-0.2, 0) is 0 Å². The second-order valence-corrected chi connectivity index (χ2v) is 4.36. The van der Waals surface area contributed by atoms with Gasteiger partial charge in [-0.15, -0.1) is 0 Å². The normalized spacial score (nSPS) is 20.7. The summed E-state index contributed by atoms with van der Waals surface area (Å²) in [5.74, 6) is 0. The molecular formula is C11H21N3. The predicted octanol–water partition coefficient (Wildman–Crippen LogP) is 1.36. The molecule has 0 aromatic rings. The summed E-state index contributed by atoms with van der Waals surface area (Å²) in [6.45, 7) is 7.38. The van der Waals surface area contributed by atoms with Crippen LogP contribution in [0.2, 0.25) is 0 Å². The number of nitriles is 1. The lowest BCUT2D eigenvalue weighted by molar-refractivity contribution is 0.214. The average Bonchev–Trinajstić information content (AvgIpc) is 2.17. The third-order valence-corrected chi connectivity index (χ3v) is 2.58. The number of likely N-dealkylation sites (tertiary alicyclic amines) is 1. The molecule has 1 aliphatic rings. The first-order chi connectivity index (χ1) is 6.72. The summed E-state index contributed by atoms with van der Waals surface area (Å²) in [7, 11) is 0. The predicted molar refractivity (Wildman–Crippen MR) is 58.0 cm³/mol. The van der Waals surface area contributed by atoms with Gasteiger partial charge in [0.2, 0.25) is 0 Å². The molecule has 0 aromatic carbocycles. The SMILES string of the molecule is CC(C)NC(C#N)CN1CCCCC1. The van der Waals surface area contributed by atoms with Gasteiger partial charge in [0.1, 0.15) is 6.04 Å². The van der Waals surface area contributed by atoms with Crippen molar-refractivity contribution < 1.29 is 0 Å². The van der Waals surface area contributed by atoms with Crippen LogP contribution in [0, 0.1) is 11.3 Å². The van der Waals surface area contributed by atoms with Crippen molar-refractivity contribution in [2.45, 2.75) is 45.2 Å². The van der Waals surface area contributed by atoms with Gasteiger partial charge in [-0.25, -0.2) is 0 Å². The molecule has 1 atom stereocenters. The standard InChI is InChI=1S/C11H21N3/c1-10(2)13-11(8-12)9-14-6-4-3-5-7-14/h10-11,13H,3-7,9H2,1-2H3. The van der Waals surface area contributed by atoms with Gasteiger partial charge in [0, 0.05) is 12.6 Å². The average molecular weight is 195 g/mol. The van der Waals surface area contributed by atoms with E-state index < -0.39 is 0 Å². The molecule has 1 rings (SSSR count). The Bertz CT molecular complexity index is 189. The third kappa shape index (κ3) is 4.08. The van der Waals surface area contributed by atoms with Gasteiger partial charge in [0.25, 0.3) is 0 Å². The molecule has 3 nitrogen and oxygen atoms in total. The minimum atomic E-state index is -0.00639. The van der Waals surface area contributed by atoms with Crippen molar-refractivity contribution in [2.24, 2.45) is 0 Å². The monoisotopic (exact) mass is 195 g/mol. The number of piperidine rings is 1. The highest BCUT2D eigenvalue weighted by Crippen LogP contribution is 2.08. The first-order valence-corrected chi connectivity index (χ1v) is 5.60. The van der Waals surface area contributed by atoms with Gasteiger partial charge < -0.3 is 4.90 Å². The molecule has 1 fully saturated rings. The van der Waals surface area contributed by atoms with E-state index in [-0.39, 0.29) is 6.04 Å². The van der Waals surface area contributed by atoms with E-state index in [1.165, 1.54) is 19.3 Å². The minimum Gasteiger partial charge on any atom is -0.301 e. The summed E-state index contributed by atoms with van der Waals surface area (Å²) in [6.07, 6.45) is 3.94. The number of nitrogens with zero attached hydrogens (tertiary/aromatic N) is 2. The zero-order valence-electron chi connectivity index (χ0n) is 9.29. The fraction of sp³-hybridized carbons (Fsp3) is 0.909.